The van der Waals surface area contributed by atoms with Crippen molar-refractivity contribution in [3.63, 3.8) is 0 Å². The van der Waals surface area contributed by atoms with Crippen molar-refractivity contribution in [2.45, 2.75) is 25.4 Å². The van der Waals surface area contributed by atoms with Crippen molar-refractivity contribution in [3.8, 4) is 5.75 Å². The summed E-state index contributed by atoms with van der Waals surface area (Å²) < 4.78 is 5.34. The average Bonchev–Trinajstić information content (AvgIpc) is 3.03. The Morgan fingerprint density at radius 2 is 2.04 bits per heavy atom. The summed E-state index contributed by atoms with van der Waals surface area (Å²) in [7, 11) is 1.70. The lowest BCUT2D eigenvalue weighted by Gasteiger charge is -2.25. The lowest BCUT2D eigenvalue weighted by molar-refractivity contribution is 0.100. The van der Waals surface area contributed by atoms with Crippen LogP contribution in [0, 0.1) is 0 Å². The number of nitrogens with two attached hydrogens (primary N) is 1. The van der Waals surface area contributed by atoms with Crippen LogP contribution >= 0.6 is 0 Å². The molecule has 1 aliphatic heterocycles. The summed E-state index contributed by atoms with van der Waals surface area (Å²) >= 11 is 0. The van der Waals surface area contributed by atoms with E-state index in [0.717, 1.165) is 25.3 Å². The van der Waals surface area contributed by atoms with Gasteiger partial charge in [0.2, 0.25) is 5.91 Å². The molecule has 3 rings (SSSR count). The second kappa shape index (κ2) is 6.84. The molecule has 4 heteroatoms. The normalized spacial score (nSPS) is 18.0. The van der Waals surface area contributed by atoms with Gasteiger partial charge in [-0.2, -0.15) is 0 Å². The van der Waals surface area contributed by atoms with Crippen molar-refractivity contribution < 1.29 is 9.53 Å². The molecule has 1 fully saturated rings. The number of nitrogens with zero attached hydrogens (tertiary/aromatic N) is 1. The highest BCUT2D eigenvalue weighted by atomic mass is 16.5. The number of carbonyl (C=O) groups excluding carboxylic acids is 1. The quantitative estimate of drug-likeness (QED) is 0.923. The number of likely N-dealkylation sites (tertiary alicyclic amines) is 1. The summed E-state index contributed by atoms with van der Waals surface area (Å²) in [5.74, 6) is 0.521. The van der Waals surface area contributed by atoms with E-state index in [-0.39, 0.29) is 5.91 Å². The van der Waals surface area contributed by atoms with Gasteiger partial charge in [-0.25, -0.2) is 0 Å². The van der Waals surface area contributed by atoms with Gasteiger partial charge in [0.15, 0.2) is 0 Å². The van der Waals surface area contributed by atoms with Crippen molar-refractivity contribution in [2.75, 3.05) is 13.7 Å². The highest BCUT2D eigenvalue weighted by Gasteiger charge is 2.26. The van der Waals surface area contributed by atoms with Crippen molar-refractivity contribution in [2.24, 2.45) is 5.73 Å². The van der Waals surface area contributed by atoms with Crippen LogP contribution in [0.3, 0.4) is 0 Å². The molecule has 1 atom stereocenters. The molecule has 2 aromatic rings. The predicted octanol–water partition coefficient (Wildman–Crippen LogP) is 3.13. The van der Waals surface area contributed by atoms with Gasteiger partial charge < -0.3 is 10.5 Å². The molecule has 2 N–H and O–H groups in total. The molecule has 120 valence electrons. The summed E-state index contributed by atoms with van der Waals surface area (Å²) in [5, 5.41) is 0. The largest absolute Gasteiger partial charge is 0.497 e. The van der Waals surface area contributed by atoms with E-state index in [1.54, 1.807) is 19.2 Å². The number of rotatable bonds is 5. The first-order chi connectivity index (χ1) is 11.2. The zero-order valence-corrected chi connectivity index (χ0v) is 13.4. The summed E-state index contributed by atoms with van der Waals surface area (Å²) in [6.07, 6.45) is 2.35. The molecule has 23 heavy (non-hydrogen) atoms. The number of primary amides is 1. The molecule has 0 bridgehead atoms. The van der Waals surface area contributed by atoms with Gasteiger partial charge in [-0.15, -0.1) is 0 Å². The van der Waals surface area contributed by atoms with Crippen LogP contribution in [-0.4, -0.2) is 24.5 Å². The first kappa shape index (κ1) is 15.6. The van der Waals surface area contributed by atoms with Crippen LogP contribution in [0.1, 0.15) is 40.4 Å². The van der Waals surface area contributed by atoms with E-state index < -0.39 is 0 Å². The molecule has 1 amide bonds. The third-order valence-electron chi connectivity index (χ3n) is 4.47. The van der Waals surface area contributed by atoms with Gasteiger partial charge in [0, 0.05) is 18.2 Å². The third-order valence-corrected chi connectivity index (χ3v) is 4.47. The van der Waals surface area contributed by atoms with Gasteiger partial charge >= 0.3 is 0 Å². The molecule has 0 aliphatic carbocycles. The van der Waals surface area contributed by atoms with Gasteiger partial charge in [-0.3, -0.25) is 9.69 Å². The van der Waals surface area contributed by atoms with Gasteiger partial charge in [0.05, 0.1) is 7.11 Å². The van der Waals surface area contributed by atoms with Crippen LogP contribution in [-0.2, 0) is 6.54 Å². The standard InChI is InChI=1S/C19H22N2O2/c1-23-17-5-2-4-16(12-17)18-6-3-11-21(18)13-14-7-9-15(10-8-14)19(20)22/h2,4-5,7-10,12,18H,3,6,11,13H2,1H3,(H2,20,22). The minimum atomic E-state index is -0.382. The summed E-state index contributed by atoms with van der Waals surface area (Å²) in [6, 6.07) is 16.3. The maximum absolute atomic E-state index is 11.2. The van der Waals surface area contributed by atoms with Gasteiger partial charge in [0.1, 0.15) is 5.75 Å². The zero-order chi connectivity index (χ0) is 16.2. The fourth-order valence-electron chi connectivity index (χ4n) is 3.25. The van der Waals surface area contributed by atoms with E-state index in [0.29, 0.717) is 11.6 Å². The van der Waals surface area contributed by atoms with Crippen molar-refractivity contribution in [1.82, 2.24) is 4.90 Å². The molecule has 0 radical (unpaired) electrons. The first-order valence-corrected chi connectivity index (χ1v) is 7.94. The molecule has 1 heterocycles. The van der Waals surface area contributed by atoms with Crippen molar-refractivity contribution in [1.29, 1.82) is 0 Å². The average molecular weight is 310 g/mol. The van der Waals surface area contributed by atoms with Crippen LogP contribution in [0.2, 0.25) is 0 Å². The van der Waals surface area contributed by atoms with Crippen molar-refractivity contribution >= 4 is 5.91 Å². The molecular weight excluding hydrogens is 288 g/mol. The fourth-order valence-corrected chi connectivity index (χ4v) is 3.25. The predicted molar refractivity (Wildman–Crippen MR) is 90.3 cm³/mol. The molecule has 1 saturated heterocycles. The van der Waals surface area contributed by atoms with Gasteiger partial charge in [-0.05, 0) is 54.8 Å². The number of hydrogen-bond acceptors (Lipinski definition) is 3. The van der Waals surface area contributed by atoms with Gasteiger partial charge in [0.25, 0.3) is 0 Å². The number of amides is 1. The summed E-state index contributed by atoms with van der Waals surface area (Å²) in [5.41, 5.74) is 8.35. The van der Waals surface area contributed by atoms with E-state index in [1.807, 2.05) is 24.3 Å². The molecule has 0 saturated carbocycles. The summed E-state index contributed by atoms with van der Waals surface area (Å²) in [6.45, 7) is 1.96. The lowest BCUT2D eigenvalue weighted by Crippen LogP contribution is -2.22. The monoisotopic (exact) mass is 310 g/mol. The lowest BCUT2D eigenvalue weighted by atomic mass is 10.0. The number of hydrogen-bond donors (Lipinski definition) is 1. The second-order valence-corrected chi connectivity index (χ2v) is 5.97. The number of benzene rings is 2. The Morgan fingerprint density at radius 3 is 2.74 bits per heavy atom. The van der Waals surface area contributed by atoms with Crippen LogP contribution in [0.15, 0.2) is 48.5 Å². The Kier molecular flexibility index (Phi) is 4.63. The fraction of sp³-hybridized carbons (Fsp3) is 0.316. The van der Waals surface area contributed by atoms with Crippen LogP contribution in [0.25, 0.3) is 0 Å². The Bertz CT molecular complexity index is 682. The van der Waals surface area contributed by atoms with Crippen LogP contribution < -0.4 is 10.5 Å². The maximum atomic E-state index is 11.2. The van der Waals surface area contributed by atoms with Crippen molar-refractivity contribution in [3.05, 3.63) is 65.2 Å². The Balaban J connectivity index is 1.74. The number of methoxy groups -OCH3 is 1. The smallest absolute Gasteiger partial charge is 0.248 e. The second-order valence-electron chi connectivity index (χ2n) is 5.97. The Hall–Kier alpha value is -2.33. The Labute approximate surface area is 136 Å². The summed E-state index contributed by atoms with van der Waals surface area (Å²) in [4.78, 5) is 13.6. The third kappa shape index (κ3) is 3.54. The van der Waals surface area contributed by atoms with E-state index >= 15 is 0 Å². The molecular formula is C19H22N2O2. The molecule has 0 spiro atoms. The highest BCUT2D eigenvalue weighted by molar-refractivity contribution is 5.92. The van der Waals surface area contributed by atoms with Crippen LogP contribution in [0.4, 0.5) is 0 Å². The molecule has 0 aromatic heterocycles. The van der Waals surface area contributed by atoms with E-state index in [1.165, 1.54) is 17.5 Å². The minimum Gasteiger partial charge on any atom is -0.497 e. The van der Waals surface area contributed by atoms with Crippen LogP contribution in [0.5, 0.6) is 5.75 Å². The zero-order valence-electron chi connectivity index (χ0n) is 13.4. The van der Waals surface area contributed by atoms with E-state index in [2.05, 4.69) is 17.0 Å². The van der Waals surface area contributed by atoms with E-state index in [4.69, 9.17) is 10.5 Å². The number of carbonyl (C=O) groups is 1. The van der Waals surface area contributed by atoms with E-state index in [9.17, 15) is 4.79 Å². The number of ether oxygens (including phenoxy) is 1. The topological polar surface area (TPSA) is 55.6 Å². The SMILES string of the molecule is COc1cccc(C2CCCN2Cc2ccc(C(N)=O)cc2)c1. The molecule has 2 aromatic carbocycles. The Morgan fingerprint density at radius 1 is 1.26 bits per heavy atom. The molecule has 1 aliphatic rings. The highest BCUT2D eigenvalue weighted by Crippen LogP contribution is 2.34. The minimum absolute atomic E-state index is 0.382. The maximum Gasteiger partial charge on any atom is 0.248 e. The van der Waals surface area contributed by atoms with Gasteiger partial charge in [-0.1, -0.05) is 24.3 Å². The molecule has 1 unspecified atom stereocenters. The first-order valence-electron chi connectivity index (χ1n) is 7.94. The molecule has 4 nitrogen and oxygen atoms in total.